The van der Waals surface area contributed by atoms with E-state index in [0.29, 0.717) is 25.5 Å². The second kappa shape index (κ2) is 6.57. The third-order valence-electron chi connectivity index (χ3n) is 4.50. The van der Waals surface area contributed by atoms with Crippen molar-refractivity contribution in [2.24, 2.45) is 0 Å². The van der Waals surface area contributed by atoms with Gasteiger partial charge in [-0.3, -0.25) is 9.89 Å². The van der Waals surface area contributed by atoms with E-state index in [9.17, 15) is 4.79 Å². The summed E-state index contributed by atoms with van der Waals surface area (Å²) in [6.45, 7) is 3.51. The molecule has 0 radical (unpaired) electrons. The number of morpholine rings is 1. The number of fused-ring (bicyclic) bond motifs is 1. The van der Waals surface area contributed by atoms with Crippen LogP contribution in [0.15, 0.2) is 24.3 Å². The maximum absolute atomic E-state index is 13.1. The Morgan fingerprint density at radius 3 is 3.12 bits per heavy atom. The Balaban J connectivity index is 1.52. The van der Waals surface area contributed by atoms with Crippen molar-refractivity contribution in [3.63, 3.8) is 0 Å². The quantitative estimate of drug-likeness (QED) is 0.903. The van der Waals surface area contributed by atoms with E-state index in [1.165, 1.54) is 5.56 Å². The molecule has 24 heavy (non-hydrogen) atoms. The normalized spacial score (nSPS) is 23.8. The van der Waals surface area contributed by atoms with Crippen LogP contribution in [0.25, 0.3) is 0 Å². The number of aromatic amines is 1. The first-order chi connectivity index (χ1) is 11.7. The van der Waals surface area contributed by atoms with Crippen LogP contribution in [0.2, 0.25) is 0 Å². The molecular formula is C17H20N4O2S. The van der Waals surface area contributed by atoms with E-state index < -0.39 is 0 Å². The summed E-state index contributed by atoms with van der Waals surface area (Å²) in [6, 6.07) is 8.28. The summed E-state index contributed by atoms with van der Waals surface area (Å²) in [4.78, 5) is 19.3. The summed E-state index contributed by atoms with van der Waals surface area (Å²) in [6.07, 6.45) is 0.781. The van der Waals surface area contributed by atoms with Gasteiger partial charge in [0.05, 0.1) is 13.2 Å². The number of carbonyl (C=O) groups is 1. The number of hydrogen-bond acceptors (Lipinski definition) is 5. The van der Waals surface area contributed by atoms with Gasteiger partial charge in [0, 0.05) is 6.54 Å². The molecule has 0 unspecified atom stereocenters. The number of carbonyl (C=O) groups excluding carboxylic acids is 1. The molecule has 1 fully saturated rings. The number of aromatic nitrogens is 3. The molecule has 1 aromatic heterocycles. The van der Waals surface area contributed by atoms with Gasteiger partial charge in [-0.05, 0) is 30.2 Å². The fourth-order valence-corrected chi connectivity index (χ4v) is 4.55. The van der Waals surface area contributed by atoms with Crippen LogP contribution in [-0.2, 0) is 16.0 Å². The van der Waals surface area contributed by atoms with E-state index in [0.717, 1.165) is 23.6 Å². The largest absolute Gasteiger partial charge is 0.366 e. The van der Waals surface area contributed by atoms with Crippen LogP contribution in [0.5, 0.6) is 0 Å². The van der Waals surface area contributed by atoms with E-state index in [-0.39, 0.29) is 17.3 Å². The minimum Gasteiger partial charge on any atom is -0.366 e. The van der Waals surface area contributed by atoms with Crippen LogP contribution in [0.3, 0.4) is 0 Å². The number of nitrogens with zero attached hydrogens (tertiary/aromatic N) is 3. The number of aryl methyl sites for hydroxylation is 2. The van der Waals surface area contributed by atoms with Gasteiger partial charge in [0.1, 0.15) is 17.2 Å². The van der Waals surface area contributed by atoms with Crippen molar-refractivity contribution in [2.75, 3.05) is 25.4 Å². The smallest absolute Gasteiger partial charge is 0.240 e. The molecule has 4 rings (SSSR count). The predicted molar refractivity (Wildman–Crippen MR) is 91.7 cm³/mol. The van der Waals surface area contributed by atoms with Crippen LogP contribution in [0, 0.1) is 6.92 Å². The highest BCUT2D eigenvalue weighted by Gasteiger charge is 2.34. The molecule has 126 valence electrons. The van der Waals surface area contributed by atoms with Crippen molar-refractivity contribution in [3.8, 4) is 0 Å². The Bertz CT molecular complexity index is 748. The molecule has 0 aliphatic carbocycles. The van der Waals surface area contributed by atoms with Crippen molar-refractivity contribution < 1.29 is 9.53 Å². The van der Waals surface area contributed by atoms with E-state index in [2.05, 4.69) is 27.3 Å². The lowest BCUT2D eigenvalue weighted by molar-refractivity contribution is -0.138. The molecule has 3 heterocycles. The summed E-state index contributed by atoms with van der Waals surface area (Å²) in [5.74, 6) is 2.55. The third kappa shape index (κ3) is 2.93. The summed E-state index contributed by atoms with van der Waals surface area (Å²) in [5, 5.41) is 6.91. The highest BCUT2D eigenvalue weighted by atomic mass is 32.2. The molecule has 2 aromatic rings. The Kier molecular flexibility index (Phi) is 4.28. The Morgan fingerprint density at radius 2 is 2.29 bits per heavy atom. The number of thioether (sulfide) groups is 1. The molecule has 6 nitrogen and oxygen atoms in total. The molecule has 1 N–H and O–H groups in total. The fourth-order valence-electron chi connectivity index (χ4n) is 3.27. The molecule has 0 bridgehead atoms. The first-order valence-corrected chi connectivity index (χ1v) is 9.26. The second-order valence-electron chi connectivity index (χ2n) is 6.12. The van der Waals surface area contributed by atoms with Gasteiger partial charge < -0.3 is 9.64 Å². The molecule has 0 saturated carbocycles. The highest BCUT2D eigenvalue weighted by Crippen LogP contribution is 2.38. The maximum atomic E-state index is 13.1. The number of amides is 1. The number of nitrogens with one attached hydrogen (secondary N) is 1. The van der Waals surface area contributed by atoms with Crippen LogP contribution in [0.1, 0.15) is 34.1 Å². The van der Waals surface area contributed by atoms with Crippen LogP contribution in [0.4, 0.5) is 0 Å². The standard InChI is InChI=1S/C17H20N4O2S/c1-11-18-16(20-19-11)14-10-21(7-8-23-14)17(22)15-13-5-3-2-4-12(13)6-9-24-15/h2-5,14-15H,6-10H2,1H3,(H,18,19,20)/t14-,15+/m1/s1. The van der Waals surface area contributed by atoms with Gasteiger partial charge in [-0.25, -0.2) is 4.98 Å². The number of rotatable bonds is 2. The van der Waals surface area contributed by atoms with E-state index in [1.807, 2.05) is 24.0 Å². The van der Waals surface area contributed by atoms with Crippen molar-refractivity contribution in [2.45, 2.75) is 24.7 Å². The lowest BCUT2D eigenvalue weighted by Gasteiger charge is -2.35. The van der Waals surface area contributed by atoms with Gasteiger partial charge in [-0.1, -0.05) is 24.3 Å². The second-order valence-corrected chi connectivity index (χ2v) is 7.34. The minimum absolute atomic E-state index is 0.109. The zero-order chi connectivity index (χ0) is 16.5. The van der Waals surface area contributed by atoms with Crippen LogP contribution >= 0.6 is 11.8 Å². The SMILES string of the molecule is Cc1nc([C@H]2CN(C(=O)[C@H]3SCCc4ccccc43)CCO2)n[nH]1. The van der Waals surface area contributed by atoms with E-state index >= 15 is 0 Å². The average molecular weight is 344 g/mol. The van der Waals surface area contributed by atoms with Gasteiger partial charge >= 0.3 is 0 Å². The lowest BCUT2D eigenvalue weighted by atomic mass is 10.0. The van der Waals surface area contributed by atoms with E-state index in [1.54, 1.807) is 11.8 Å². The first-order valence-electron chi connectivity index (χ1n) is 8.21. The highest BCUT2D eigenvalue weighted by molar-refractivity contribution is 8.00. The average Bonchev–Trinajstić information content (AvgIpc) is 3.07. The third-order valence-corrected chi connectivity index (χ3v) is 5.73. The zero-order valence-electron chi connectivity index (χ0n) is 13.6. The van der Waals surface area contributed by atoms with Crippen molar-refractivity contribution in [1.82, 2.24) is 20.1 Å². The fraction of sp³-hybridized carbons (Fsp3) is 0.471. The molecule has 1 saturated heterocycles. The summed E-state index contributed by atoms with van der Waals surface area (Å²) in [5.41, 5.74) is 2.46. The monoisotopic (exact) mass is 344 g/mol. The van der Waals surface area contributed by atoms with Crippen LogP contribution < -0.4 is 0 Å². The van der Waals surface area contributed by atoms with Gasteiger partial charge in [-0.2, -0.15) is 5.10 Å². The molecule has 2 atom stereocenters. The predicted octanol–water partition coefficient (Wildman–Crippen LogP) is 2.04. The Labute approximate surface area is 145 Å². The number of hydrogen-bond donors (Lipinski definition) is 1. The summed E-state index contributed by atoms with van der Waals surface area (Å²) < 4.78 is 5.77. The topological polar surface area (TPSA) is 71.1 Å². The number of H-pyrrole nitrogens is 1. The van der Waals surface area contributed by atoms with Gasteiger partial charge in [-0.15, -0.1) is 11.8 Å². The van der Waals surface area contributed by atoms with Gasteiger partial charge in [0.25, 0.3) is 0 Å². The van der Waals surface area contributed by atoms with E-state index in [4.69, 9.17) is 4.74 Å². The zero-order valence-corrected chi connectivity index (χ0v) is 14.4. The molecule has 1 aromatic carbocycles. The summed E-state index contributed by atoms with van der Waals surface area (Å²) in [7, 11) is 0. The van der Waals surface area contributed by atoms with Gasteiger partial charge in [0.2, 0.25) is 5.91 Å². The van der Waals surface area contributed by atoms with Crippen molar-refractivity contribution in [1.29, 1.82) is 0 Å². The minimum atomic E-state index is -0.253. The van der Waals surface area contributed by atoms with Crippen molar-refractivity contribution in [3.05, 3.63) is 47.0 Å². The number of ether oxygens (including phenoxy) is 1. The number of benzene rings is 1. The Morgan fingerprint density at radius 1 is 1.42 bits per heavy atom. The molecule has 7 heteroatoms. The Hall–Kier alpha value is -1.86. The maximum Gasteiger partial charge on any atom is 0.240 e. The van der Waals surface area contributed by atoms with Crippen LogP contribution in [-0.4, -0.2) is 51.4 Å². The molecular weight excluding hydrogens is 324 g/mol. The molecule has 1 amide bonds. The van der Waals surface area contributed by atoms with Crippen molar-refractivity contribution >= 4 is 17.7 Å². The van der Waals surface area contributed by atoms with Gasteiger partial charge in [0.15, 0.2) is 5.82 Å². The molecule has 2 aliphatic rings. The summed E-state index contributed by atoms with van der Waals surface area (Å²) >= 11 is 1.74. The molecule has 0 spiro atoms. The lowest BCUT2D eigenvalue weighted by Crippen LogP contribution is -2.44. The first kappa shape index (κ1) is 15.7. The molecule has 2 aliphatic heterocycles.